The van der Waals surface area contributed by atoms with Gasteiger partial charge in [-0.05, 0) is 31.0 Å². The van der Waals surface area contributed by atoms with Crippen molar-refractivity contribution in [1.29, 1.82) is 0 Å². The first-order valence-electron chi connectivity index (χ1n) is 7.84. The Kier molecular flexibility index (Phi) is 6.02. The van der Waals surface area contributed by atoms with Gasteiger partial charge in [0.15, 0.2) is 0 Å². The molecule has 0 fully saturated rings. The summed E-state index contributed by atoms with van der Waals surface area (Å²) >= 11 is 0. The van der Waals surface area contributed by atoms with Gasteiger partial charge >= 0.3 is 0 Å². The van der Waals surface area contributed by atoms with E-state index in [0.717, 1.165) is 24.9 Å². The highest BCUT2D eigenvalue weighted by Crippen LogP contribution is 2.11. The molecule has 6 nitrogen and oxygen atoms in total. The Morgan fingerprint density at radius 1 is 1.26 bits per heavy atom. The second-order valence-electron chi connectivity index (χ2n) is 5.47. The molecule has 2 aromatic rings. The van der Waals surface area contributed by atoms with E-state index in [4.69, 9.17) is 0 Å². The number of nitrogens with zero attached hydrogens (tertiary/aromatic N) is 4. The Morgan fingerprint density at radius 3 is 2.70 bits per heavy atom. The molecule has 23 heavy (non-hydrogen) atoms. The van der Waals surface area contributed by atoms with Crippen LogP contribution in [0.1, 0.15) is 41.6 Å². The normalized spacial score (nSPS) is 10.4. The summed E-state index contributed by atoms with van der Waals surface area (Å²) in [5.74, 6) is 1.16. The van der Waals surface area contributed by atoms with Crippen LogP contribution in [0.15, 0.2) is 30.6 Å². The number of unbranched alkanes of at least 4 members (excludes halogenated alkanes) is 1. The fourth-order valence-corrected chi connectivity index (χ4v) is 2.15. The van der Waals surface area contributed by atoms with Gasteiger partial charge in [0.2, 0.25) is 0 Å². The lowest BCUT2D eigenvalue weighted by Gasteiger charge is -2.17. The van der Waals surface area contributed by atoms with Crippen LogP contribution in [-0.4, -0.2) is 39.4 Å². The van der Waals surface area contributed by atoms with Crippen molar-refractivity contribution in [2.75, 3.05) is 18.9 Å². The number of nitrogens with one attached hydrogen (secondary N) is 1. The van der Waals surface area contributed by atoms with Crippen LogP contribution in [0, 0.1) is 6.92 Å². The number of carbonyl (C=O) groups is 1. The second kappa shape index (κ2) is 8.22. The summed E-state index contributed by atoms with van der Waals surface area (Å²) in [6.45, 7) is 5.26. The maximum atomic E-state index is 12.4. The first kappa shape index (κ1) is 16.9. The van der Waals surface area contributed by atoms with Crippen molar-refractivity contribution in [3.05, 3.63) is 47.7 Å². The van der Waals surface area contributed by atoms with Gasteiger partial charge in [-0.25, -0.2) is 9.97 Å². The summed E-state index contributed by atoms with van der Waals surface area (Å²) in [4.78, 5) is 26.7. The van der Waals surface area contributed by atoms with Crippen molar-refractivity contribution in [2.45, 2.75) is 33.2 Å². The number of pyridine rings is 1. The molecule has 122 valence electrons. The predicted molar refractivity (Wildman–Crippen MR) is 90.2 cm³/mol. The number of aryl methyl sites for hydroxylation is 1. The molecule has 0 saturated carbocycles. The SMILES string of the molecule is CCCCN(C)C(=O)c1cc(NCc2ccncc2)nc(C)n1. The molecule has 0 bridgehead atoms. The van der Waals surface area contributed by atoms with E-state index in [0.29, 0.717) is 23.9 Å². The minimum Gasteiger partial charge on any atom is -0.366 e. The molecule has 0 radical (unpaired) electrons. The van der Waals surface area contributed by atoms with Crippen LogP contribution in [0.4, 0.5) is 5.82 Å². The lowest BCUT2D eigenvalue weighted by Crippen LogP contribution is -2.28. The van der Waals surface area contributed by atoms with Gasteiger partial charge in [-0.15, -0.1) is 0 Å². The van der Waals surface area contributed by atoms with Crippen molar-refractivity contribution < 1.29 is 4.79 Å². The summed E-state index contributed by atoms with van der Waals surface area (Å²) in [6.07, 6.45) is 5.54. The van der Waals surface area contributed by atoms with Crippen molar-refractivity contribution in [3.63, 3.8) is 0 Å². The van der Waals surface area contributed by atoms with Crippen LogP contribution in [0.2, 0.25) is 0 Å². The first-order valence-corrected chi connectivity index (χ1v) is 7.84. The third-order valence-electron chi connectivity index (χ3n) is 3.47. The monoisotopic (exact) mass is 313 g/mol. The van der Waals surface area contributed by atoms with E-state index in [2.05, 4.69) is 27.2 Å². The predicted octanol–water partition coefficient (Wildman–Crippen LogP) is 2.66. The molecule has 2 aromatic heterocycles. The second-order valence-corrected chi connectivity index (χ2v) is 5.47. The molecule has 0 aromatic carbocycles. The first-order chi connectivity index (χ1) is 11.1. The zero-order valence-electron chi connectivity index (χ0n) is 13.9. The number of hydrogen-bond acceptors (Lipinski definition) is 5. The fraction of sp³-hybridized carbons (Fsp3) is 0.412. The molecule has 2 heterocycles. The van der Waals surface area contributed by atoms with Crippen LogP contribution in [0.5, 0.6) is 0 Å². The van der Waals surface area contributed by atoms with Gasteiger partial charge in [-0.3, -0.25) is 9.78 Å². The van der Waals surface area contributed by atoms with Crippen molar-refractivity contribution in [1.82, 2.24) is 19.9 Å². The van der Waals surface area contributed by atoms with E-state index in [9.17, 15) is 4.79 Å². The van der Waals surface area contributed by atoms with E-state index in [1.165, 1.54) is 0 Å². The molecule has 0 aliphatic heterocycles. The largest absolute Gasteiger partial charge is 0.366 e. The van der Waals surface area contributed by atoms with Crippen molar-refractivity contribution in [2.24, 2.45) is 0 Å². The summed E-state index contributed by atoms with van der Waals surface area (Å²) in [5, 5.41) is 3.23. The molecular weight excluding hydrogens is 290 g/mol. The van der Waals surface area contributed by atoms with Crippen LogP contribution >= 0.6 is 0 Å². The van der Waals surface area contributed by atoms with Gasteiger partial charge in [-0.2, -0.15) is 0 Å². The molecule has 0 saturated heterocycles. The fourth-order valence-electron chi connectivity index (χ4n) is 2.15. The molecule has 1 amide bonds. The molecule has 6 heteroatoms. The maximum absolute atomic E-state index is 12.4. The number of hydrogen-bond donors (Lipinski definition) is 1. The van der Waals surface area contributed by atoms with Crippen molar-refractivity contribution >= 4 is 11.7 Å². The topological polar surface area (TPSA) is 71.0 Å². The molecule has 0 atom stereocenters. The molecule has 1 N–H and O–H groups in total. The van der Waals surface area contributed by atoms with E-state index in [1.54, 1.807) is 37.3 Å². The third-order valence-corrected chi connectivity index (χ3v) is 3.47. The molecule has 0 aliphatic carbocycles. The number of amides is 1. The lowest BCUT2D eigenvalue weighted by molar-refractivity contribution is 0.0787. The standard InChI is InChI=1S/C17H23N5O/c1-4-5-10-22(3)17(23)15-11-16(21-13(2)20-15)19-12-14-6-8-18-9-7-14/h6-9,11H,4-5,10,12H2,1-3H3,(H,19,20,21). The van der Waals surface area contributed by atoms with Crippen LogP contribution in [-0.2, 0) is 6.54 Å². The highest BCUT2D eigenvalue weighted by Gasteiger charge is 2.14. The minimum absolute atomic E-state index is 0.0732. The maximum Gasteiger partial charge on any atom is 0.272 e. The van der Waals surface area contributed by atoms with E-state index in [1.807, 2.05) is 12.1 Å². The van der Waals surface area contributed by atoms with Crippen LogP contribution in [0.3, 0.4) is 0 Å². The van der Waals surface area contributed by atoms with Gasteiger partial charge in [0.25, 0.3) is 5.91 Å². The highest BCUT2D eigenvalue weighted by atomic mass is 16.2. The number of anilines is 1. The Hall–Kier alpha value is -2.50. The van der Waals surface area contributed by atoms with Gasteiger partial charge in [0.05, 0.1) is 0 Å². The third kappa shape index (κ3) is 5.02. The van der Waals surface area contributed by atoms with Gasteiger partial charge in [0.1, 0.15) is 17.3 Å². The average molecular weight is 313 g/mol. The number of aromatic nitrogens is 3. The molecule has 0 spiro atoms. The zero-order valence-corrected chi connectivity index (χ0v) is 13.9. The Balaban J connectivity index is 2.07. The average Bonchev–Trinajstić information content (AvgIpc) is 2.57. The number of carbonyl (C=O) groups excluding carboxylic acids is 1. The summed E-state index contributed by atoms with van der Waals surface area (Å²) in [7, 11) is 1.81. The Labute approximate surface area is 137 Å². The summed E-state index contributed by atoms with van der Waals surface area (Å²) in [6, 6.07) is 5.58. The smallest absolute Gasteiger partial charge is 0.272 e. The zero-order chi connectivity index (χ0) is 16.7. The van der Waals surface area contributed by atoms with E-state index >= 15 is 0 Å². The molecule has 2 rings (SSSR count). The van der Waals surface area contributed by atoms with Gasteiger partial charge in [-0.1, -0.05) is 13.3 Å². The van der Waals surface area contributed by atoms with Crippen LogP contribution in [0.25, 0.3) is 0 Å². The van der Waals surface area contributed by atoms with Crippen LogP contribution < -0.4 is 5.32 Å². The Morgan fingerprint density at radius 2 is 2.00 bits per heavy atom. The summed E-state index contributed by atoms with van der Waals surface area (Å²) in [5.41, 5.74) is 1.53. The quantitative estimate of drug-likeness (QED) is 0.851. The highest BCUT2D eigenvalue weighted by molar-refractivity contribution is 5.92. The number of rotatable bonds is 7. The molecular formula is C17H23N5O. The minimum atomic E-state index is -0.0732. The van der Waals surface area contributed by atoms with Gasteiger partial charge in [0, 0.05) is 38.6 Å². The summed E-state index contributed by atoms with van der Waals surface area (Å²) < 4.78 is 0. The van der Waals surface area contributed by atoms with E-state index < -0.39 is 0 Å². The van der Waals surface area contributed by atoms with Gasteiger partial charge < -0.3 is 10.2 Å². The van der Waals surface area contributed by atoms with E-state index in [-0.39, 0.29) is 5.91 Å². The van der Waals surface area contributed by atoms with Crippen molar-refractivity contribution in [3.8, 4) is 0 Å². The Bertz CT molecular complexity index is 645. The lowest BCUT2D eigenvalue weighted by atomic mass is 10.2. The molecule has 0 unspecified atom stereocenters. The molecule has 0 aliphatic rings.